The molecular weight excluding hydrogens is 370 g/mol. The molecule has 0 aliphatic carbocycles. The maximum absolute atomic E-state index is 11.5. The van der Waals surface area contributed by atoms with Crippen molar-refractivity contribution in [2.75, 3.05) is 7.11 Å². The molecule has 7 heteroatoms. The van der Waals surface area contributed by atoms with Crippen LogP contribution in [0.5, 0.6) is 5.88 Å². The summed E-state index contributed by atoms with van der Waals surface area (Å²) in [5, 5.41) is 17.1. The lowest BCUT2D eigenvalue weighted by molar-refractivity contribution is 0.189. The van der Waals surface area contributed by atoms with Gasteiger partial charge in [0.25, 0.3) is 0 Å². The van der Waals surface area contributed by atoms with Crippen LogP contribution in [0, 0.1) is 0 Å². The van der Waals surface area contributed by atoms with Crippen molar-refractivity contribution < 1.29 is 19.2 Å². The number of carboxylic acid groups (broad SMARTS) is 1. The lowest BCUT2D eigenvalue weighted by Crippen LogP contribution is -2.29. The van der Waals surface area contributed by atoms with Crippen molar-refractivity contribution in [1.82, 2.24) is 15.5 Å². The Labute approximate surface area is 166 Å². The smallest absolute Gasteiger partial charge is 0.405 e. The highest BCUT2D eigenvalue weighted by Crippen LogP contribution is 2.34. The number of hydrogen-bond acceptors (Lipinski definition) is 5. The third kappa shape index (κ3) is 3.89. The molecule has 2 aromatic carbocycles. The average molecular weight is 389 g/mol. The first-order valence-corrected chi connectivity index (χ1v) is 9.09. The van der Waals surface area contributed by atoms with Gasteiger partial charge in [0.15, 0.2) is 5.58 Å². The number of aromatic nitrogens is 2. The monoisotopic (exact) mass is 389 g/mol. The fraction of sp³-hybridized carbons (Fsp3) is 0.136. The molecule has 0 saturated heterocycles. The topological polar surface area (TPSA) is 97.5 Å². The fourth-order valence-corrected chi connectivity index (χ4v) is 3.38. The largest absolute Gasteiger partial charge is 0.481 e. The van der Waals surface area contributed by atoms with E-state index in [2.05, 4.69) is 15.5 Å². The minimum atomic E-state index is -1.11. The highest BCUT2D eigenvalue weighted by atomic mass is 16.5. The Balaban J connectivity index is 1.78. The summed E-state index contributed by atoms with van der Waals surface area (Å²) < 4.78 is 10.6. The van der Waals surface area contributed by atoms with Crippen LogP contribution in [0.1, 0.15) is 17.3 Å². The van der Waals surface area contributed by atoms with Crippen LogP contribution in [-0.2, 0) is 6.42 Å². The zero-order chi connectivity index (χ0) is 20.2. The van der Waals surface area contributed by atoms with Crippen LogP contribution in [-0.4, -0.2) is 28.5 Å². The molecule has 146 valence electrons. The van der Waals surface area contributed by atoms with Crippen molar-refractivity contribution in [3.05, 3.63) is 78.0 Å². The summed E-state index contributed by atoms with van der Waals surface area (Å²) in [6.45, 7) is 0. The first-order chi connectivity index (χ1) is 14.2. The summed E-state index contributed by atoms with van der Waals surface area (Å²) in [5.41, 5.74) is 3.65. The number of pyridine rings is 1. The molecule has 0 aliphatic rings. The zero-order valence-corrected chi connectivity index (χ0v) is 15.7. The number of hydrogen-bond donors (Lipinski definition) is 2. The number of nitrogens with zero attached hydrogens (tertiary/aromatic N) is 2. The summed E-state index contributed by atoms with van der Waals surface area (Å²) in [7, 11) is 1.55. The third-order valence-corrected chi connectivity index (χ3v) is 4.67. The van der Waals surface area contributed by atoms with Crippen molar-refractivity contribution in [1.29, 1.82) is 0 Å². The second-order valence-corrected chi connectivity index (χ2v) is 6.49. The zero-order valence-electron chi connectivity index (χ0n) is 15.7. The first kappa shape index (κ1) is 18.5. The Morgan fingerprint density at radius 1 is 1.10 bits per heavy atom. The van der Waals surface area contributed by atoms with E-state index in [1.54, 1.807) is 13.2 Å². The molecule has 2 N–H and O–H groups in total. The van der Waals surface area contributed by atoms with E-state index in [0.29, 0.717) is 29.3 Å². The number of rotatable bonds is 6. The van der Waals surface area contributed by atoms with Gasteiger partial charge in [0.05, 0.1) is 13.2 Å². The van der Waals surface area contributed by atoms with Gasteiger partial charge in [-0.25, -0.2) is 9.78 Å². The van der Waals surface area contributed by atoms with E-state index in [4.69, 9.17) is 9.26 Å². The molecule has 0 fully saturated rings. The van der Waals surface area contributed by atoms with Gasteiger partial charge in [-0.1, -0.05) is 47.6 Å². The first-order valence-electron chi connectivity index (χ1n) is 9.09. The van der Waals surface area contributed by atoms with E-state index in [-0.39, 0.29) is 0 Å². The number of amides is 1. The van der Waals surface area contributed by atoms with Gasteiger partial charge in [0.1, 0.15) is 5.69 Å². The van der Waals surface area contributed by atoms with E-state index in [1.165, 1.54) is 0 Å². The number of methoxy groups -OCH3 is 1. The second kappa shape index (κ2) is 8.02. The standard InChI is InChI=1S/C22H19N3O4/c1-28-20-12-6-7-14(23-20)13-18(24-22(26)27)15-8-2-3-9-16(15)21-17-10-4-5-11-19(17)29-25-21/h2-12,18,24H,13H2,1H3,(H,26,27)/t18-/m0/s1. The van der Waals surface area contributed by atoms with Crippen molar-refractivity contribution in [2.24, 2.45) is 0 Å². The van der Waals surface area contributed by atoms with Gasteiger partial charge in [-0.05, 0) is 23.8 Å². The summed E-state index contributed by atoms with van der Waals surface area (Å²) in [6.07, 6.45) is -0.756. The van der Waals surface area contributed by atoms with Gasteiger partial charge < -0.3 is 19.7 Å². The number of para-hydroxylation sites is 1. The number of carbonyl (C=O) groups is 1. The van der Waals surface area contributed by atoms with Crippen LogP contribution in [0.15, 0.2) is 71.3 Å². The summed E-state index contributed by atoms with van der Waals surface area (Å²) in [6, 6.07) is 20.0. The highest BCUT2D eigenvalue weighted by molar-refractivity contribution is 5.92. The lowest BCUT2D eigenvalue weighted by atomic mass is 9.93. The fourth-order valence-electron chi connectivity index (χ4n) is 3.38. The Morgan fingerprint density at radius 3 is 2.72 bits per heavy atom. The Morgan fingerprint density at radius 2 is 1.90 bits per heavy atom. The molecule has 1 atom stereocenters. The molecule has 0 bridgehead atoms. The number of ether oxygens (including phenoxy) is 1. The molecular formula is C22H19N3O4. The molecule has 2 aromatic heterocycles. The van der Waals surface area contributed by atoms with Crippen LogP contribution in [0.3, 0.4) is 0 Å². The molecule has 0 unspecified atom stereocenters. The van der Waals surface area contributed by atoms with Crippen molar-refractivity contribution in [3.63, 3.8) is 0 Å². The van der Waals surface area contributed by atoms with Gasteiger partial charge in [0.2, 0.25) is 5.88 Å². The average Bonchev–Trinajstić information content (AvgIpc) is 3.17. The Bertz CT molecular complexity index is 1160. The quantitative estimate of drug-likeness (QED) is 0.506. The van der Waals surface area contributed by atoms with Crippen molar-refractivity contribution in [2.45, 2.75) is 12.5 Å². The SMILES string of the molecule is COc1cccc(C[C@H](NC(=O)O)c2ccccc2-c2noc3ccccc23)n1. The molecule has 0 aliphatic heterocycles. The number of fused-ring (bicyclic) bond motifs is 1. The van der Waals surface area contributed by atoms with Crippen molar-refractivity contribution >= 4 is 17.1 Å². The molecule has 0 saturated carbocycles. The molecule has 0 spiro atoms. The van der Waals surface area contributed by atoms with Crippen LogP contribution >= 0.6 is 0 Å². The predicted molar refractivity (Wildman–Crippen MR) is 108 cm³/mol. The van der Waals surface area contributed by atoms with Gasteiger partial charge in [-0.2, -0.15) is 0 Å². The van der Waals surface area contributed by atoms with Crippen LogP contribution in [0.25, 0.3) is 22.2 Å². The molecule has 0 radical (unpaired) electrons. The molecule has 4 rings (SSSR count). The van der Waals surface area contributed by atoms with E-state index in [0.717, 1.165) is 16.5 Å². The molecule has 2 heterocycles. The van der Waals surface area contributed by atoms with Gasteiger partial charge in [-0.3, -0.25) is 0 Å². The van der Waals surface area contributed by atoms with Gasteiger partial charge in [0, 0.05) is 29.1 Å². The van der Waals surface area contributed by atoms with E-state index >= 15 is 0 Å². The van der Waals surface area contributed by atoms with Crippen LogP contribution in [0.4, 0.5) is 4.79 Å². The number of benzene rings is 2. The highest BCUT2D eigenvalue weighted by Gasteiger charge is 2.22. The van der Waals surface area contributed by atoms with Crippen molar-refractivity contribution in [3.8, 4) is 17.1 Å². The molecule has 4 aromatic rings. The maximum atomic E-state index is 11.5. The summed E-state index contributed by atoms with van der Waals surface area (Å²) in [5.74, 6) is 0.479. The summed E-state index contributed by atoms with van der Waals surface area (Å²) in [4.78, 5) is 15.9. The van der Waals surface area contributed by atoms with E-state index in [1.807, 2.05) is 60.7 Å². The molecule has 1 amide bonds. The van der Waals surface area contributed by atoms with Crippen LogP contribution < -0.4 is 10.1 Å². The molecule has 29 heavy (non-hydrogen) atoms. The third-order valence-electron chi connectivity index (χ3n) is 4.67. The van der Waals surface area contributed by atoms with E-state index < -0.39 is 12.1 Å². The minimum Gasteiger partial charge on any atom is -0.481 e. The van der Waals surface area contributed by atoms with Crippen LogP contribution in [0.2, 0.25) is 0 Å². The lowest BCUT2D eigenvalue weighted by Gasteiger charge is -2.20. The Hall–Kier alpha value is -3.87. The second-order valence-electron chi connectivity index (χ2n) is 6.49. The number of nitrogens with one attached hydrogen (secondary N) is 1. The van der Waals surface area contributed by atoms with Gasteiger partial charge in [-0.15, -0.1) is 0 Å². The normalized spacial score (nSPS) is 11.9. The minimum absolute atomic E-state index is 0.357. The maximum Gasteiger partial charge on any atom is 0.405 e. The molecule has 7 nitrogen and oxygen atoms in total. The van der Waals surface area contributed by atoms with Gasteiger partial charge >= 0.3 is 6.09 Å². The predicted octanol–water partition coefficient (Wildman–Crippen LogP) is 4.45. The van der Waals surface area contributed by atoms with E-state index in [9.17, 15) is 9.90 Å². The Kier molecular flexibility index (Phi) is 5.11. The summed E-state index contributed by atoms with van der Waals surface area (Å²) >= 11 is 0.